The van der Waals surface area contributed by atoms with Gasteiger partial charge in [-0.1, -0.05) is 32.6 Å². The second-order valence-corrected chi connectivity index (χ2v) is 5.13. The van der Waals surface area contributed by atoms with Gasteiger partial charge in [-0.25, -0.2) is 0 Å². The molecule has 0 aliphatic carbocycles. The minimum atomic E-state index is -0.131. The quantitative estimate of drug-likeness (QED) is 0.805. The molecular weight excluding hydrogens is 252 g/mol. The molecule has 0 radical (unpaired) electrons. The number of carbonyl (C=O) groups is 1. The Labute approximate surface area is 120 Å². The van der Waals surface area contributed by atoms with E-state index in [1.54, 1.807) is 18.5 Å². The topological polar surface area (TPSA) is 62.2 Å². The monoisotopic (exact) mass is 274 g/mol. The molecule has 1 unspecified atom stereocenters. The number of rotatable bonds is 5. The fourth-order valence-corrected chi connectivity index (χ4v) is 1.49. The molecule has 4 nitrogen and oxygen atoms in total. The van der Waals surface area contributed by atoms with Crippen LogP contribution in [0, 0.1) is 23.7 Å². The van der Waals surface area contributed by atoms with E-state index in [2.05, 4.69) is 42.9 Å². The number of nitrogens with one attached hydrogen (secondary N) is 1. The summed E-state index contributed by atoms with van der Waals surface area (Å²) in [5.41, 5.74) is 1.12. The van der Waals surface area contributed by atoms with Crippen LogP contribution in [0.15, 0.2) is 18.5 Å². The fraction of sp³-hybridized carbons (Fsp3) is 0.500. The molecule has 1 aromatic rings. The predicted octanol–water partition coefficient (Wildman–Crippen LogP) is 1.84. The molecule has 1 rings (SSSR count). The fourth-order valence-electron chi connectivity index (χ4n) is 1.49. The Bertz CT molecular complexity index is 501. The van der Waals surface area contributed by atoms with Gasteiger partial charge in [0.25, 0.3) is 5.91 Å². The van der Waals surface area contributed by atoms with Gasteiger partial charge in [-0.2, -0.15) is 0 Å². The number of pyridine rings is 1. The molecular formula is C16H22N2O2. The smallest absolute Gasteiger partial charge is 0.252 e. The van der Waals surface area contributed by atoms with Crippen molar-refractivity contribution < 1.29 is 9.90 Å². The van der Waals surface area contributed by atoms with Gasteiger partial charge in [0.1, 0.15) is 0 Å². The Morgan fingerprint density at radius 2 is 2.20 bits per heavy atom. The summed E-state index contributed by atoms with van der Waals surface area (Å²) in [5, 5.41) is 11.6. The lowest BCUT2D eigenvalue weighted by Gasteiger charge is -2.16. The summed E-state index contributed by atoms with van der Waals surface area (Å²) in [6.45, 7) is 7.03. The van der Waals surface area contributed by atoms with E-state index in [1.165, 1.54) is 0 Å². The van der Waals surface area contributed by atoms with Crippen molar-refractivity contribution in [3.8, 4) is 11.8 Å². The Kier molecular flexibility index (Phi) is 6.75. The zero-order valence-electron chi connectivity index (χ0n) is 12.3. The molecule has 2 N–H and O–H groups in total. The molecule has 0 spiro atoms. The molecule has 108 valence electrons. The normalized spacial score (nSPS) is 11.7. The van der Waals surface area contributed by atoms with Crippen LogP contribution in [-0.4, -0.2) is 29.1 Å². The summed E-state index contributed by atoms with van der Waals surface area (Å²) in [6.07, 6.45) is 3.55. The molecule has 0 bridgehead atoms. The number of aliphatic hydroxyl groups excluding tert-OH is 1. The summed E-state index contributed by atoms with van der Waals surface area (Å²) in [5.74, 6) is 6.50. The first-order valence-electron chi connectivity index (χ1n) is 6.88. The van der Waals surface area contributed by atoms with E-state index >= 15 is 0 Å². The summed E-state index contributed by atoms with van der Waals surface area (Å²) in [6, 6.07) is 1.67. The third-order valence-electron chi connectivity index (χ3n) is 3.25. The average molecular weight is 274 g/mol. The maximum atomic E-state index is 12.2. The van der Waals surface area contributed by atoms with Gasteiger partial charge in [0.2, 0.25) is 0 Å². The van der Waals surface area contributed by atoms with Crippen LogP contribution in [-0.2, 0) is 0 Å². The second-order valence-electron chi connectivity index (χ2n) is 5.13. The lowest BCUT2D eigenvalue weighted by atomic mass is 9.98. The first-order chi connectivity index (χ1) is 9.56. The lowest BCUT2D eigenvalue weighted by molar-refractivity contribution is 0.0944. The van der Waals surface area contributed by atoms with Gasteiger partial charge in [-0.3, -0.25) is 9.78 Å². The summed E-state index contributed by atoms with van der Waals surface area (Å²) in [7, 11) is 0. The molecule has 0 saturated carbocycles. The van der Waals surface area contributed by atoms with Gasteiger partial charge in [-0.05, 0) is 17.9 Å². The van der Waals surface area contributed by atoms with E-state index in [-0.39, 0.29) is 12.5 Å². The average Bonchev–Trinajstić information content (AvgIpc) is 2.45. The zero-order valence-corrected chi connectivity index (χ0v) is 12.3. The van der Waals surface area contributed by atoms with Gasteiger partial charge in [0.15, 0.2) is 0 Å². The van der Waals surface area contributed by atoms with Crippen molar-refractivity contribution in [3.63, 3.8) is 0 Å². The zero-order chi connectivity index (χ0) is 15.0. The summed E-state index contributed by atoms with van der Waals surface area (Å²) >= 11 is 0. The molecule has 0 saturated heterocycles. The highest BCUT2D eigenvalue weighted by atomic mass is 16.2. The standard InChI is InChI=1S/C16H22N2O2/c1-12(2)13(3)10-18-16(20)15-7-8-17-11-14(15)6-4-5-9-19/h7-8,11-13,19H,5,9-10H2,1-3H3,(H,18,20). The highest BCUT2D eigenvalue weighted by Gasteiger charge is 2.12. The Morgan fingerprint density at radius 3 is 2.85 bits per heavy atom. The number of carbonyl (C=O) groups excluding carboxylic acids is 1. The van der Waals surface area contributed by atoms with E-state index in [0.29, 0.717) is 35.9 Å². The van der Waals surface area contributed by atoms with Crippen LogP contribution in [0.4, 0.5) is 0 Å². The number of nitrogens with zero attached hydrogens (tertiary/aromatic N) is 1. The van der Waals surface area contributed by atoms with Crippen LogP contribution >= 0.6 is 0 Å². The van der Waals surface area contributed by atoms with Gasteiger partial charge >= 0.3 is 0 Å². The van der Waals surface area contributed by atoms with Crippen LogP contribution in [0.2, 0.25) is 0 Å². The van der Waals surface area contributed by atoms with Gasteiger partial charge in [0.05, 0.1) is 17.7 Å². The summed E-state index contributed by atoms with van der Waals surface area (Å²) in [4.78, 5) is 16.2. The largest absolute Gasteiger partial charge is 0.395 e. The minimum Gasteiger partial charge on any atom is -0.395 e. The number of aliphatic hydroxyl groups is 1. The first kappa shape index (κ1) is 16.2. The molecule has 0 aliphatic rings. The highest BCUT2D eigenvalue weighted by molar-refractivity contribution is 5.96. The van der Waals surface area contributed by atoms with Crippen molar-refractivity contribution in [1.82, 2.24) is 10.3 Å². The molecule has 1 heterocycles. The van der Waals surface area contributed by atoms with Crippen molar-refractivity contribution in [2.24, 2.45) is 11.8 Å². The molecule has 4 heteroatoms. The molecule has 0 aliphatic heterocycles. The Hall–Kier alpha value is -1.86. The van der Waals surface area contributed by atoms with Gasteiger partial charge < -0.3 is 10.4 Å². The highest BCUT2D eigenvalue weighted by Crippen LogP contribution is 2.09. The Balaban J connectivity index is 2.76. The van der Waals surface area contributed by atoms with E-state index in [1.807, 2.05) is 0 Å². The minimum absolute atomic E-state index is 0.0146. The van der Waals surface area contributed by atoms with E-state index in [0.717, 1.165) is 0 Å². The third kappa shape index (κ3) is 5.02. The lowest BCUT2D eigenvalue weighted by Crippen LogP contribution is -2.30. The molecule has 0 aromatic carbocycles. The van der Waals surface area contributed by atoms with Crippen LogP contribution in [0.5, 0.6) is 0 Å². The van der Waals surface area contributed by atoms with Crippen molar-refractivity contribution in [2.45, 2.75) is 27.2 Å². The maximum absolute atomic E-state index is 12.2. The van der Waals surface area contributed by atoms with Crippen molar-refractivity contribution in [3.05, 3.63) is 29.6 Å². The van der Waals surface area contributed by atoms with Gasteiger partial charge in [-0.15, -0.1) is 0 Å². The van der Waals surface area contributed by atoms with Crippen LogP contribution < -0.4 is 5.32 Å². The van der Waals surface area contributed by atoms with E-state index < -0.39 is 0 Å². The molecule has 0 fully saturated rings. The molecule has 1 aromatic heterocycles. The molecule has 20 heavy (non-hydrogen) atoms. The number of aromatic nitrogens is 1. The van der Waals surface area contributed by atoms with Crippen LogP contribution in [0.1, 0.15) is 43.1 Å². The SMILES string of the molecule is CC(C)C(C)CNC(=O)c1ccncc1C#CCCO. The maximum Gasteiger partial charge on any atom is 0.252 e. The first-order valence-corrected chi connectivity index (χ1v) is 6.88. The Morgan fingerprint density at radius 1 is 1.45 bits per heavy atom. The van der Waals surface area contributed by atoms with Crippen LogP contribution in [0.25, 0.3) is 0 Å². The number of amides is 1. The van der Waals surface area contributed by atoms with Gasteiger partial charge in [0, 0.05) is 25.4 Å². The van der Waals surface area contributed by atoms with E-state index in [4.69, 9.17) is 5.11 Å². The summed E-state index contributed by atoms with van der Waals surface area (Å²) < 4.78 is 0. The predicted molar refractivity (Wildman–Crippen MR) is 79.2 cm³/mol. The second kappa shape index (κ2) is 8.34. The van der Waals surface area contributed by atoms with Crippen molar-refractivity contribution >= 4 is 5.91 Å². The molecule has 1 amide bonds. The van der Waals surface area contributed by atoms with E-state index in [9.17, 15) is 4.79 Å². The molecule has 1 atom stereocenters. The third-order valence-corrected chi connectivity index (χ3v) is 3.25. The number of hydrogen-bond acceptors (Lipinski definition) is 3. The van der Waals surface area contributed by atoms with Crippen molar-refractivity contribution in [1.29, 1.82) is 0 Å². The number of hydrogen-bond donors (Lipinski definition) is 2. The van der Waals surface area contributed by atoms with Crippen molar-refractivity contribution in [2.75, 3.05) is 13.2 Å². The van der Waals surface area contributed by atoms with Crippen LogP contribution in [0.3, 0.4) is 0 Å².